The van der Waals surface area contributed by atoms with Gasteiger partial charge in [-0.15, -0.1) is 10.2 Å². The predicted molar refractivity (Wildman–Crippen MR) is 115 cm³/mol. The number of aromatic nitrogens is 2. The number of hydrogen-bond donors (Lipinski definition) is 2. The number of piperidine rings is 1. The number of imide groups is 1. The molecule has 1 aromatic carbocycles. The van der Waals surface area contributed by atoms with E-state index in [1.807, 2.05) is 0 Å². The van der Waals surface area contributed by atoms with Crippen molar-refractivity contribution in [3.63, 3.8) is 0 Å². The van der Waals surface area contributed by atoms with Crippen LogP contribution >= 0.6 is 11.8 Å². The number of carbonyl (C=O) groups is 2. The number of hydrogen-bond acceptors (Lipinski definition) is 8. The molecule has 2 aromatic rings. The van der Waals surface area contributed by atoms with E-state index in [4.69, 9.17) is 4.42 Å². The summed E-state index contributed by atoms with van der Waals surface area (Å²) in [5.41, 5.74) is 0.471. The van der Waals surface area contributed by atoms with E-state index in [2.05, 4.69) is 20.8 Å². The quantitative estimate of drug-likeness (QED) is 0.592. The van der Waals surface area contributed by atoms with Gasteiger partial charge in [0.05, 0.1) is 10.6 Å². The lowest BCUT2D eigenvalue weighted by Crippen LogP contribution is -2.43. The van der Waals surface area contributed by atoms with Crippen molar-refractivity contribution in [2.45, 2.75) is 49.3 Å². The van der Waals surface area contributed by atoms with Gasteiger partial charge in [-0.3, -0.25) is 10.1 Å². The number of rotatable bonds is 7. The minimum Gasteiger partial charge on any atom is -0.411 e. The van der Waals surface area contributed by atoms with Gasteiger partial charge >= 0.3 is 6.03 Å². The fourth-order valence-corrected chi connectivity index (χ4v) is 5.14. The van der Waals surface area contributed by atoms with E-state index in [-0.39, 0.29) is 27.8 Å². The van der Waals surface area contributed by atoms with Gasteiger partial charge in [0.15, 0.2) is 0 Å². The molecule has 0 atom stereocenters. The second kappa shape index (κ2) is 10.2. The molecular formula is C19H25N5O5S2. The van der Waals surface area contributed by atoms with Gasteiger partial charge in [0.2, 0.25) is 21.8 Å². The molecule has 12 heteroatoms. The lowest BCUT2D eigenvalue weighted by Gasteiger charge is -2.25. The number of sulfonamides is 1. The van der Waals surface area contributed by atoms with E-state index in [1.165, 1.54) is 10.4 Å². The summed E-state index contributed by atoms with van der Waals surface area (Å²) in [6, 6.07) is 5.71. The van der Waals surface area contributed by atoms with Crippen molar-refractivity contribution in [3.8, 4) is 11.5 Å². The van der Waals surface area contributed by atoms with Gasteiger partial charge in [0, 0.05) is 24.7 Å². The van der Waals surface area contributed by atoms with E-state index in [1.54, 1.807) is 32.0 Å². The molecule has 1 fully saturated rings. The Morgan fingerprint density at radius 3 is 2.65 bits per heavy atom. The first-order valence-electron chi connectivity index (χ1n) is 9.93. The van der Waals surface area contributed by atoms with Gasteiger partial charge in [0.1, 0.15) is 0 Å². The van der Waals surface area contributed by atoms with Crippen molar-refractivity contribution in [1.29, 1.82) is 0 Å². The highest BCUT2D eigenvalue weighted by Crippen LogP contribution is 2.27. The first kappa shape index (κ1) is 23.2. The summed E-state index contributed by atoms with van der Waals surface area (Å²) in [4.78, 5) is 23.5. The van der Waals surface area contributed by atoms with E-state index in [0.717, 1.165) is 31.0 Å². The van der Waals surface area contributed by atoms with Gasteiger partial charge < -0.3 is 9.73 Å². The standard InChI is InChI=1S/C19H25N5O5S2/c1-13(2)20-18(26)21-16(25)12-30-19-23-22-17(29-19)14-7-6-8-15(11-14)31(27,28)24-9-4-3-5-10-24/h6-8,11,13H,3-5,9-10,12H2,1-2H3,(H2,20,21,25,26). The summed E-state index contributed by atoms with van der Waals surface area (Å²) in [6.45, 7) is 4.60. The number of thioether (sulfide) groups is 1. The van der Waals surface area contributed by atoms with Gasteiger partial charge in [-0.2, -0.15) is 4.31 Å². The minimum absolute atomic E-state index is 0.0868. The molecule has 31 heavy (non-hydrogen) atoms. The highest BCUT2D eigenvalue weighted by Gasteiger charge is 2.26. The molecule has 0 saturated carbocycles. The van der Waals surface area contributed by atoms with Crippen LogP contribution in [0.2, 0.25) is 0 Å². The fraction of sp³-hybridized carbons (Fsp3) is 0.474. The Morgan fingerprint density at radius 1 is 1.19 bits per heavy atom. The molecule has 3 rings (SSSR count). The smallest absolute Gasteiger partial charge is 0.321 e. The third kappa shape index (κ3) is 6.28. The number of urea groups is 1. The minimum atomic E-state index is -3.58. The molecule has 0 bridgehead atoms. The molecule has 0 radical (unpaired) electrons. The Labute approximate surface area is 185 Å². The van der Waals surface area contributed by atoms with Crippen LogP contribution in [-0.4, -0.2) is 59.7 Å². The van der Waals surface area contributed by atoms with Crippen LogP contribution in [0.25, 0.3) is 11.5 Å². The number of nitrogens with one attached hydrogen (secondary N) is 2. The maximum Gasteiger partial charge on any atom is 0.321 e. The molecule has 1 aromatic heterocycles. The van der Waals surface area contributed by atoms with Crippen molar-refractivity contribution >= 4 is 33.7 Å². The molecule has 1 aliphatic heterocycles. The van der Waals surface area contributed by atoms with Gasteiger partial charge in [-0.05, 0) is 44.9 Å². The Kier molecular flexibility index (Phi) is 7.68. The molecule has 0 aliphatic carbocycles. The SMILES string of the molecule is CC(C)NC(=O)NC(=O)CSc1nnc(-c2cccc(S(=O)(=O)N3CCCCC3)c2)o1. The Balaban J connectivity index is 1.64. The number of benzene rings is 1. The Hall–Kier alpha value is -2.44. The van der Waals surface area contributed by atoms with Crippen LogP contribution in [0, 0.1) is 0 Å². The number of carbonyl (C=O) groups excluding carboxylic acids is 2. The Bertz CT molecular complexity index is 1030. The highest BCUT2D eigenvalue weighted by atomic mass is 32.2. The summed E-state index contributed by atoms with van der Waals surface area (Å²) in [7, 11) is -3.58. The third-order valence-electron chi connectivity index (χ3n) is 4.44. The van der Waals surface area contributed by atoms with Crippen LogP contribution in [0.3, 0.4) is 0 Å². The molecule has 2 N–H and O–H groups in total. The highest BCUT2D eigenvalue weighted by molar-refractivity contribution is 7.99. The van der Waals surface area contributed by atoms with Crippen molar-refractivity contribution in [2.75, 3.05) is 18.8 Å². The second-order valence-electron chi connectivity index (χ2n) is 7.33. The lowest BCUT2D eigenvalue weighted by molar-refractivity contribution is -0.117. The van der Waals surface area contributed by atoms with Crippen LogP contribution in [0.4, 0.5) is 4.79 Å². The second-order valence-corrected chi connectivity index (χ2v) is 10.2. The largest absolute Gasteiger partial charge is 0.411 e. The van der Waals surface area contributed by atoms with E-state index >= 15 is 0 Å². The van der Waals surface area contributed by atoms with Crippen LogP contribution in [0.1, 0.15) is 33.1 Å². The molecule has 2 heterocycles. The lowest BCUT2D eigenvalue weighted by atomic mass is 10.2. The zero-order chi connectivity index (χ0) is 22.4. The Morgan fingerprint density at radius 2 is 1.94 bits per heavy atom. The molecular weight excluding hydrogens is 442 g/mol. The average molecular weight is 468 g/mol. The summed E-state index contributed by atoms with van der Waals surface area (Å²) in [5.74, 6) is -0.440. The van der Waals surface area contributed by atoms with Crippen LogP contribution in [-0.2, 0) is 14.8 Å². The molecule has 168 valence electrons. The molecule has 0 unspecified atom stereocenters. The predicted octanol–water partition coefficient (Wildman–Crippen LogP) is 2.24. The topological polar surface area (TPSA) is 134 Å². The first-order chi connectivity index (χ1) is 14.8. The van der Waals surface area contributed by atoms with Gasteiger partial charge in [0.25, 0.3) is 5.22 Å². The van der Waals surface area contributed by atoms with Crippen molar-refractivity contribution in [1.82, 2.24) is 25.1 Å². The number of nitrogens with zero attached hydrogens (tertiary/aromatic N) is 3. The molecule has 10 nitrogen and oxygen atoms in total. The third-order valence-corrected chi connectivity index (χ3v) is 7.15. The maximum absolute atomic E-state index is 12.9. The van der Waals surface area contributed by atoms with Crippen LogP contribution in [0.15, 0.2) is 38.8 Å². The van der Waals surface area contributed by atoms with Crippen molar-refractivity contribution < 1.29 is 22.4 Å². The normalized spacial score (nSPS) is 15.1. The summed E-state index contributed by atoms with van der Waals surface area (Å²) >= 11 is 0.979. The van der Waals surface area contributed by atoms with E-state index in [9.17, 15) is 18.0 Å². The van der Waals surface area contributed by atoms with Gasteiger partial charge in [-0.25, -0.2) is 13.2 Å². The van der Waals surface area contributed by atoms with Crippen LogP contribution in [0.5, 0.6) is 0 Å². The molecule has 1 aliphatic rings. The zero-order valence-corrected chi connectivity index (χ0v) is 19.0. The van der Waals surface area contributed by atoms with E-state index in [0.29, 0.717) is 18.7 Å². The summed E-state index contributed by atoms with van der Waals surface area (Å²) < 4.78 is 32.8. The monoisotopic (exact) mass is 467 g/mol. The van der Waals surface area contributed by atoms with Crippen LogP contribution < -0.4 is 10.6 Å². The van der Waals surface area contributed by atoms with Gasteiger partial charge in [-0.1, -0.05) is 24.2 Å². The fourth-order valence-electron chi connectivity index (χ4n) is 3.02. The maximum atomic E-state index is 12.9. The average Bonchev–Trinajstić information content (AvgIpc) is 3.21. The summed E-state index contributed by atoms with van der Waals surface area (Å²) in [6.07, 6.45) is 2.75. The molecule has 1 saturated heterocycles. The van der Waals surface area contributed by atoms with E-state index < -0.39 is 22.0 Å². The van der Waals surface area contributed by atoms with Crippen molar-refractivity contribution in [3.05, 3.63) is 24.3 Å². The molecule has 3 amide bonds. The summed E-state index contributed by atoms with van der Waals surface area (Å²) in [5, 5.41) is 12.7. The zero-order valence-electron chi connectivity index (χ0n) is 17.3. The first-order valence-corrected chi connectivity index (χ1v) is 12.4. The molecule has 0 spiro atoms. The van der Waals surface area contributed by atoms with Crippen molar-refractivity contribution in [2.24, 2.45) is 0 Å². The number of amides is 3.